The van der Waals surface area contributed by atoms with Gasteiger partial charge in [0, 0.05) is 32.4 Å². The molecule has 0 radical (unpaired) electrons. The summed E-state index contributed by atoms with van der Waals surface area (Å²) in [6.07, 6.45) is 1.72. The van der Waals surface area contributed by atoms with Crippen LogP contribution in [-0.2, 0) is 13.1 Å². The Hall–Kier alpha value is -3.08. The second-order valence-electron chi connectivity index (χ2n) is 6.50. The van der Waals surface area contributed by atoms with Crippen LogP contribution in [0.2, 0.25) is 0 Å². The van der Waals surface area contributed by atoms with E-state index in [1.807, 2.05) is 12.1 Å². The molecular weight excluding hydrogens is 526 g/mol. The van der Waals surface area contributed by atoms with Crippen molar-refractivity contribution in [3.8, 4) is 23.1 Å². The zero-order chi connectivity index (χ0) is 22.1. The Bertz CT molecular complexity index is 993. The number of methoxy groups -OCH3 is 2. The van der Waals surface area contributed by atoms with Crippen LogP contribution in [0.5, 0.6) is 23.1 Å². The summed E-state index contributed by atoms with van der Waals surface area (Å²) in [4.78, 5) is 8.56. The van der Waals surface area contributed by atoms with Crippen LogP contribution in [0.4, 0.5) is 4.39 Å². The first-order valence-electron chi connectivity index (χ1n) is 9.65. The van der Waals surface area contributed by atoms with E-state index in [9.17, 15) is 4.39 Å². The number of aromatic nitrogens is 1. The molecule has 1 heterocycles. The second-order valence-corrected chi connectivity index (χ2v) is 6.50. The molecule has 0 unspecified atom stereocenters. The van der Waals surface area contributed by atoms with E-state index in [0.29, 0.717) is 42.2 Å². The van der Waals surface area contributed by atoms with Gasteiger partial charge in [0.15, 0.2) is 17.5 Å². The molecule has 2 N–H and O–H groups in total. The lowest BCUT2D eigenvalue weighted by Gasteiger charge is -2.14. The normalized spacial score (nSPS) is 10.7. The fourth-order valence-corrected chi connectivity index (χ4v) is 2.79. The summed E-state index contributed by atoms with van der Waals surface area (Å²) < 4.78 is 29.6. The van der Waals surface area contributed by atoms with Crippen molar-refractivity contribution in [2.24, 2.45) is 4.99 Å². The average molecular weight is 552 g/mol. The molecule has 2 aromatic carbocycles. The predicted molar refractivity (Wildman–Crippen MR) is 133 cm³/mol. The van der Waals surface area contributed by atoms with Crippen LogP contribution in [0, 0.1) is 5.82 Å². The molecule has 9 heteroatoms. The Kier molecular flexibility index (Phi) is 9.99. The Balaban J connectivity index is 0.00000363. The third kappa shape index (κ3) is 6.98. The van der Waals surface area contributed by atoms with Crippen LogP contribution in [0.3, 0.4) is 0 Å². The number of benzene rings is 2. The van der Waals surface area contributed by atoms with Gasteiger partial charge in [-0.2, -0.15) is 0 Å². The molecule has 7 nitrogen and oxygen atoms in total. The smallest absolute Gasteiger partial charge is 0.219 e. The lowest BCUT2D eigenvalue weighted by atomic mass is 10.2. The molecule has 170 valence electrons. The molecule has 0 aliphatic carbocycles. The van der Waals surface area contributed by atoms with E-state index < -0.39 is 0 Å². The number of pyridine rings is 1. The number of ether oxygens (including phenoxy) is 3. The van der Waals surface area contributed by atoms with Crippen molar-refractivity contribution in [1.82, 2.24) is 15.6 Å². The van der Waals surface area contributed by atoms with Gasteiger partial charge in [-0.3, -0.25) is 4.99 Å². The van der Waals surface area contributed by atoms with Gasteiger partial charge < -0.3 is 24.8 Å². The fourth-order valence-electron chi connectivity index (χ4n) is 2.79. The molecule has 0 aliphatic heterocycles. The monoisotopic (exact) mass is 552 g/mol. The fraction of sp³-hybridized carbons (Fsp3) is 0.217. The maximum Gasteiger partial charge on any atom is 0.219 e. The first kappa shape index (κ1) is 25.2. The molecule has 0 fully saturated rings. The minimum absolute atomic E-state index is 0. The highest BCUT2D eigenvalue weighted by Gasteiger charge is 2.13. The van der Waals surface area contributed by atoms with Crippen LogP contribution >= 0.6 is 24.0 Å². The molecule has 0 amide bonds. The SMILES string of the molecule is CN=C(NCc1ccc(F)cc1)NCc1ccc(Oc2c(OC)cccc2OC)nc1.I. The van der Waals surface area contributed by atoms with E-state index >= 15 is 0 Å². The first-order valence-corrected chi connectivity index (χ1v) is 9.65. The first-order chi connectivity index (χ1) is 15.1. The van der Waals surface area contributed by atoms with E-state index in [4.69, 9.17) is 14.2 Å². The molecule has 3 rings (SSSR count). The zero-order valence-electron chi connectivity index (χ0n) is 18.1. The van der Waals surface area contributed by atoms with Crippen LogP contribution in [0.25, 0.3) is 0 Å². The number of aliphatic imine (C=N–C) groups is 1. The number of nitrogens with one attached hydrogen (secondary N) is 2. The summed E-state index contributed by atoms with van der Waals surface area (Å²) in [6, 6.07) is 15.4. The van der Waals surface area contributed by atoms with E-state index in [-0.39, 0.29) is 29.8 Å². The van der Waals surface area contributed by atoms with Crippen LogP contribution in [0.15, 0.2) is 65.8 Å². The van der Waals surface area contributed by atoms with E-state index in [1.165, 1.54) is 12.1 Å². The summed E-state index contributed by atoms with van der Waals surface area (Å²) in [5.41, 5.74) is 1.91. The molecule has 0 saturated heterocycles. The molecule has 0 atom stereocenters. The van der Waals surface area contributed by atoms with Crippen LogP contribution in [0.1, 0.15) is 11.1 Å². The van der Waals surface area contributed by atoms with Crippen molar-refractivity contribution in [1.29, 1.82) is 0 Å². The summed E-state index contributed by atoms with van der Waals surface area (Å²) >= 11 is 0. The number of hydrogen-bond donors (Lipinski definition) is 2. The summed E-state index contributed by atoms with van der Waals surface area (Å²) in [6.45, 7) is 1.06. The van der Waals surface area contributed by atoms with Crippen LogP contribution < -0.4 is 24.8 Å². The van der Waals surface area contributed by atoms with Crippen molar-refractivity contribution >= 4 is 29.9 Å². The van der Waals surface area contributed by atoms with E-state index in [1.54, 1.807) is 57.8 Å². The zero-order valence-corrected chi connectivity index (χ0v) is 20.4. The highest BCUT2D eigenvalue weighted by atomic mass is 127. The molecule has 0 spiro atoms. The largest absolute Gasteiger partial charge is 0.493 e. The highest BCUT2D eigenvalue weighted by molar-refractivity contribution is 14.0. The number of guanidine groups is 1. The minimum Gasteiger partial charge on any atom is -0.493 e. The van der Waals surface area contributed by atoms with Gasteiger partial charge in [0.25, 0.3) is 0 Å². The van der Waals surface area contributed by atoms with Gasteiger partial charge in [-0.25, -0.2) is 9.37 Å². The molecule has 0 saturated carbocycles. The Labute approximate surface area is 204 Å². The van der Waals surface area contributed by atoms with Crippen molar-refractivity contribution in [2.45, 2.75) is 13.1 Å². The van der Waals surface area contributed by atoms with Gasteiger partial charge in [0.2, 0.25) is 11.6 Å². The Morgan fingerprint density at radius 2 is 1.50 bits per heavy atom. The maximum absolute atomic E-state index is 13.0. The van der Waals surface area contributed by atoms with Gasteiger partial charge >= 0.3 is 0 Å². The lowest BCUT2D eigenvalue weighted by Crippen LogP contribution is -2.36. The average Bonchev–Trinajstić information content (AvgIpc) is 2.81. The maximum atomic E-state index is 13.0. The Morgan fingerprint density at radius 1 is 0.906 bits per heavy atom. The van der Waals surface area contributed by atoms with E-state index in [2.05, 4.69) is 20.6 Å². The lowest BCUT2D eigenvalue weighted by molar-refractivity contribution is 0.342. The van der Waals surface area contributed by atoms with Gasteiger partial charge in [-0.1, -0.05) is 24.3 Å². The van der Waals surface area contributed by atoms with Gasteiger partial charge in [0.1, 0.15) is 5.82 Å². The number of nitrogens with zero attached hydrogens (tertiary/aromatic N) is 2. The number of para-hydroxylation sites is 1. The minimum atomic E-state index is -0.254. The molecule has 0 aliphatic rings. The van der Waals surface area contributed by atoms with Crippen molar-refractivity contribution in [3.05, 3.63) is 77.7 Å². The molecule has 32 heavy (non-hydrogen) atoms. The third-order valence-corrected chi connectivity index (χ3v) is 4.44. The predicted octanol–water partition coefficient (Wildman–Crippen LogP) is 4.51. The number of halogens is 2. The van der Waals surface area contributed by atoms with Gasteiger partial charge in [-0.15, -0.1) is 24.0 Å². The molecule has 0 bridgehead atoms. The second kappa shape index (κ2) is 12.7. The van der Waals surface area contributed by atoms with Crippen molar-refractivity contribution in [2.75, 3.05) is 21.3 Å². The van der Waals surface area contributed by atoms with Gasteiger partial charge in [-0.05, 0) is 35.4 Å². The summed E-state index contributed by atoms with van der Waals surface area (Å²) in [7, 11) is 4.83. The van der Waals surface area contributed by atoms with Crippen molar-refractivity contribution in [3.63, 3.8) is 0 Å². The summed E-state index contributed by atoms with van der Waals surface area (Å²) in [5, 5.41) is 6.41. The highest BCUT2D eigenvalue weighted by Crippen LogP contribution is 2.39. The topological polar surface area (TPSA) is 77.0 Å². The Morgan fingerprint density at radius 3 is 2.03 bits per heavy atom. The van der Waals surface area contributed by atoms with Crippen molar-refractivity contribution < 1.29 is 18.6 Å². The third-order valence-electron chi connectivity index (χ3n) is 4.44. The summed E-state index contributed by atoms with van der Waals surface area (Å²) in [5.74, 6) is 2.38. The molecular formula is C23H26FIN4O3. The molecule has 3 aromatic rings. The van der Waals surface area contributed by atoms with Gasteiger partial charge in [0.05, 0.1) is 14.2 Å². The standard InChI is InChI=1S/C23H25FN4O3.HI/c1-25-23(27-13-16-7-10-18(24)11-8-16)28-15-17-9-12-21(26-14-17)31-22-19(29-2)5-4-6-20(22)30-3;/h4-12,14H,13,15H2,1-3H3,(H2,25,27,28);1H. The van der Waals surface area contributed by atoms with Crippen LogP contribution in [-0.4, -0.2) is 32.2 Å². The number of hydrogen-bond acceptors (Lipinski definition) is 5. The quantitative estimate of drug-likeness (QED) is 0.243. The van der Waals surface area contributed by atoms with E-state index in [0.717, 1.165) is 11.1 Å². The number of rotatable bonds is 8. The molecule has 1 aromatic heterocycles.